The van der Waals surface area contributed by atoms with Crippen molar-refractivity contribution in [2.45, 2.75) is 18.1 Å². The largest absolute Gasteiger partial charge is 0.434 e. The zero-order chi connectivity index (χ0) is 26.1. The molecule has 0 atom stereocenters. The third kappa shape index (κ3) is 5.03. The quantitative estimate of drug-likeness (QED) is 0.123. The SMILES string of the molecule is CN(N)C(=N)Cn1cc(NC(=O)c2cnn3cccnc23)c(-c2cc3c(cc2OC(F)F)NCCS3)n1. The number of nitrogens with two attached hydrogens (primary N) is 1. The minimum absolute atomic E-state index is 0.0274. The number of amidine groups is 1. The molecule has 0 bridgehead atoms. The Morgan fingerprint density at radius 2 is 2.27 bits per heavy atom. The number of carbonyl (C=O) groups is 1. The van der Waals surface area contributed by atoms with Crippen LogP contribution in [-0.4, -0.2) is 67.1 Å². The molecule has 5 rings (SSSR count). The highest BCUT2D eigenvalue weighted by atomic mass is 32.2. The van der Waals surface area contributed by atoms with Crippen LogP contribution in [0.2, 0.25) is 0 Å². The molecule has 0 aliphatic carbocycles. The first kappa shape index (κ1) is 24.5. The van der Waals surface area contributed by atoms with Gasteiger partial charge in [0.2, 0.25) is 0 Å². The minimum Gasteiger partial charge on any atom is -0.434 e. The molecule has 1 aliphatic heterocycles. The zero-order valence-electron chi connectivity index (χ0n) is 19.5. The number of hydrogen-bond donors (Lipinski definition) is 4. The highest BCUT2D eigenvalue weighted by Crippen LogP contribution is 2.43. The van der Waals surface area contributed by atoms with Crippen molar-refractivity contribution >= 4 is 40.5 Å². The van der Waals surface area contributed by atoms with Crippen LogP contribution in [0.4, 0.5) is 20.2 Å². The molecule has 12 nitrogen and oxygen atoms in total. The lowest BCUT2D eigenvalue weighted by Gasteiger charge is -2.20. The maximum absolute atomic E-state index is 13.4. The Morgan fingerprint density at radius 1 is 1.43 bits per heavy atom. The molecule has 37 heavy (non-hydrogen) atoms. The van der Waals surface area contributed by atoms with Crippen molar-refractivity contribution < 1.29 is 18.3 Å². The second-order valence-electron chi connectivity index (χ2n) is 8.05. The van der Waals surface area contributed by atoms with Crippen LogP contribution in [0.25, 0.3) is 16.9 Å². The van der Waals surface area contributed by atoms with Gasteiger partial charge in [0.05, 0.1) is 24.1 Å². The standard InChI is InChI=1S/C22H22F2N10O2S/c1-32(26)18(25)11-33-10-15(30-21(35)13-9-29-34-5-2-3-28-20(13)34)19(31-33)12-7-17-14(27-4-6-37-17)8-16(12)36-22(23)24/h2-3,5,7-10,22,25,27H,4,6,11,26H2,1H3,(H,30,35). The molecule has 0 fully saturated rings. The molecular formula is C22H22F2N10O2S. The summed E-state index contributed by atoms with van der Waals surface area (Å²) in [6.07, 6.45) is 6.08. The van der Waals surface area contributed by atoms with E-state index in [4.69, 9.17) is 16.0 Å². The van der Waals surface area contributed by atoms with Crippen molar-refractivity contribution in [3.63, 3.8) is 0 Å². The fraction of sp³-hybridized carbons (Fsp3) is 0.227. The topological polar surface area (TPSA) is 151 Å². The summed E-state index contributed by atoms with van der Waals surface area (Å²) in [4.78, 5) is 18.3. The molecule has 0 saturated carbocycles. The monoisotopic (exact) mass is 528 g/mol. The first-order valence-electron chi connectivity index (χ1n) is 11.0. The number of amides is 1. The number of ether oxygens (including phenoxy) is 1. The first-order chi connectivity index (χ1) is 17.8. The highest BCUT2D eigenvalue weighted by Gasteiger charge is 2.24. The van der Waals surface area contributed by atoms with Gasteiger partial charge in [0.15, 0.2) is 5.65 Å². The van der Waals surface area contributed by atoms with E-state index < -0.39 is 12.5 Å². The number of benzene rings is 1. The fourth-order valence-corrected chi connectivity index (χ4v) is 4.69. The molecule has 1 amide bonds. The summed E-state index contributed by atoms with van der Waals surface area (Å²) in [5, 5.41) is 23.8. The summed E-state index contributed by atoms with van der Waals surface area (Å²) in [7, 11) is 1.51. The summed E-state index contributed by atoms with van der Waals surface area (Å²) >= 11 is 1.56. The van der Waals surface area contributed by atoms with E-state index in [1.54, 1.807) is 36.3 Å². The van der Waals surface area contributed by atoms with E-state index in [-0.39, 0.29) is 40.6 Å². The van der Waals surface area contributed by atoms with E-state index in [1.165, 1.54) is 34.7 Å². The lowest BCUT2D eigenvalue weighted by Crippen LogP contribution is -2.35. The Balaban J connectivity index is 1.59. The van der Waals surface area contributed by atoms with E-state index in [9.17, 15) is 13.6 Å². The Labute approximate surface area is 213 Å². The van der Waals surface area contributed by atoms with E-state index in [0.717, 1.165) is 15.7 Å². The third-order valence-corrected chi connectivity index (χ3v) is 6.56. The number of hydrazine groups is 1. The van der Waals surface area contributed by atoms with Crippen molar-refractivity contribution in [3.05, 3.63) is 48.5 Å². The number of rotatable bonds is 7. The van der Waals surface area contributed by atoms with Gasteiger partial charge in [0.25, 0.3) is 5.91 Å². The highest BCUT2D eigenvalue weighted by molar-refractivity contribution is 7.99. The predicted octanol–water partition coefficient (Wildman–Crippen LogP) is 2.75. The second-order valence-corrected chi connectivity index (χ2v) is 9.18. The zero-order valence-corrected chi connectivity index (χ0v) is 20.3. The maximum atomic E-state index is 13.4. The van der Waals surface area contributed by atoms with E-state index in [0.29, 0.717) is 17.9 Å². The molecule has 0 spiro atoms. The fourth-order valence-electron chi connectivity index (χ4n) is 3.78. The van der Waals surface area contributed by atoms with Gasteiger partial charge in [0, 0.05) is 54.5 Å². The van der Waals surface area contributed by atoms with Crippen molar-refractivity contribution in [1.29, 1.82) is 5.41 Å². The smallest absolute Gasteiger partial charge is 0.387 e. The van der Waals surface area contributed by atoms with E-state index >= 15 is 0 Å². The molecule has 1 aliphatic rings. The number of nitrogens with zero attached hydrogens (tertiary/aromatic N) is 6. The molecule has 0 saturated heterocycles. The molecule has 4 heterocycles. The lowest BCUT2D eigenvalue weighted by atomic mass is 10.1. The van der Waals surface area contributed by atoms with Gasteiger partial charge in [-0.3, -0.25) is 14.9 Å². The summed E-state index contributed by atoms with van der Waals surface area (Å²) < 4.78 is 34.4. The van der Waals surface area contributed by atoms with Crippen LogP contribution in [0, 0.1) is 5.41 Å². The van der Waals surface area contributed by atoms with Crippen molar-refractivity contribution in [3.8, 4) is 17.0 Å². The summed E-state index contributed by atoms with van der Waals surface area (Å²) in [6.45, 7) is -2.42. The summed E-state index contributed by atoms with van der Waals surface area (Å²) in [5.41, 5.74) is 1.90. The number of fused-ring (bicyclic) bond motifs is 2. The molecule has 0 unspecified atom stereocenters. The van der Waals surface area contributed by atoms with Crippen molar-refractivity contribution in [2.75, 3.05) is 30.0 Å². The molecule has 15 heteroatoms. The lowest BCUT2D eigenvalue weighted by molar-refractivity contribution is -0.0494. The van der Waals surface area contributed by atoms with Crippen LogP contribution in [0.1, 0.15) is 10.4 Å². The number of carbonyl (C=O) groups excluding carboxylic acids is 1. The normalized spacial score (nSPS) is 12.8. The Hall–Kier alpha value is -4.24. The number of nitrogens with one attached hydrogen (secondary N) is 3. The average Bonchev–Trinajstić information content (AvgIpc) is 3.47. The number of halogens is 2. The second kappa shape index (κ2) is 10.0. The predicted molar refractivity (Wildman–Crippen MR) is 134 cm³/mol. The molecule has 1 aromatic carbocycles. The Bertz CT molecular complexity index is 1490. The maximum Gasteiger partial charge on any atom is 0.387 e. The van der Waals surface area contributed by atoms with Crippen LogP contribution >= 0.6 is 11.8 Å². The van der Waals surface area contributed by atoms with Gasteiger partial charge in [-0.15, -0.1) is 11.8 Å². The molecular weight excluding hydrogens is 506 g/mol. The van der Waals surface area contributed by atoms with Gasteiger partial charge in [-0.2, -0.15) is 19.0 Å². The number of anilines is 2. The van der Waals surface area contributed by atoms with Crippen LogP contribution in [0.5, 0.6) is 5.75 Å². The number of alkyl halides is 2. The minimum atomic E-state index is -3.07. The Kier molecular flexibility index (Phi) is 6.62. The molecule has 3 aromatic heterocycles. The van der Waals surface area contributed by atoms with Crippen LogP contribution in [0.3, 0.4) is 0 Å². The van der Waals surface area contributed by atoms with Crippen LogP contribution in [-0.2, 0) is 6.54 Å². The van der Waals surface area contributed by atoms with Crippen molar-refractivity contribution in [2.24, 2.45) is 5.84 Å². The first-order valence-corrected chi connectivity index (χ1v) is 12.0. The van der Waals surface area contributed by atoms with Crippen LogP contribution in [0.15, 0.2) is 47.9 Å². The summed E-state index contributed by atoms with van der Waals surface area (Å²) in [5.74, 6) is 5.86. The Morgan fingerprint density at radius 3 is 3.05 bits per heavy atom. The molecule has 5 N–H and O–H groups in total. The van der Waals surface area contributed by atoms with Gasteiger partial charge in [0.1, 0.15) is 22.8 Å². The van der Waals surface area contributed by atoms with E-state index in [2.05, 4.69) is 25.8 Å². The van der Waals surface area contributed by atoms with Gasteiger partial charge >= 0.3 is 6.61 Å². The number of likely N-dealkylation sites (N-methyl/N-ethyl adjacent to an activating group) is 1. The van der Waals surface area contributed by atoms with Crippen molar-refractivity contribution in [1.82, 2.24) is 29.4 Å². The number of hydrogen-bond acceptors (Lipinski definition) is 9. The molecule has 192 valence electrons. The van der Waals surface area contributed by atoms with Gasteiger partial charge in [-0.25, -0.2) is 15.3 Å². The summed E-state index contributed by atoms with van der Waals surface area (Å²) in [6, 6.07) is 4.88. The number of thioether (sulfide) groups is 1. The molecule has 0 radical (unpaired) electrons. The van der Waals surface area contributed by atoms with E-state index in [1.807, 2.05) is 0 Å². The number of aromatic nitrogens is 5. The van der Waals surface area contributed by atoms with Crippen LogP contribution < -0.4 is 21.2 Å². The van der Waals surface area contributed by atoms with Gasteiger partial charge in [-0.05, 0) is 12.1 Å². The molecule has 4 aromatic rings. The third-order valence-electron chi connectivity index (χ3n) is 5.50. The van der Waals surface area contributed by atoms with Gasteiger partial charge < -0.3 is 20.4 Å². The van der Waals surface area contributed by atoms with Gasteiger partial charge in [-0.1, -0.05) is 0 Å². The average molecular weight is 529 g/mol.